The van der Waals surface area contributed by atoms with Crippen LogP contribution in [-0.4, -0.2) is 0 Å². The monoisotopic (exact) mass is 345 g/mol. The molecule has 1 aromatic heterocycles. The minimum atomic E-state index is -4.85. The Bertz CT molecular complexity index is 792. The van der Waals surface area contributed by atoms with Crippen molar-refractivity contribution in [1.29, 1.82) is 0 Å². The first kappa shape index (κ1) is 15.9. The highest BCUT2D eigenvalue weighted by Crippen LogP contribution is 2.41. The average Bonchev–Trinajstić information content (AvgIpc) is 2.89. The van der Waals surface area contributed by atoms with Gasteiger partial charge < -0.3 is 0 Å². The summed E-state index contributed by atoms with van der Waals surface area (Å²) in [4.78, 5) is 0.344. The first-order valence-electron chi connectivity index (χ1n) is 6.34. The van der Waals surface area contributed by atoms with Crippen molar-refractivity contribution in [2.45, 2.75) is 12.4 Å². The van der Waals surface area contributed by atoms with Crippen molar-refractivity contribution in [3.05, 3.63) is 59.7 Å². The summed E-state index contributed by atoms with van der Waals surface area (Å²) < 4.78 is 78.1. The van der Waals surface area contributed by atoms with Crippen LogP contribution in [0.5, 0.6) is 0 Å². The minimum Gasteiger partial charge on any atom is -0.166 e. The molecule has 0 aliphatic carbocycles. The van der Waals surface area contributed by atoms with E-state index >= 15 is 0 Å². The lowest BCUT2D eigenvalue weighted by molar-refractivity contribution is -0.143. The molecule has 0 bridgehead atoms. The molecule has 0 saturated heterocycles. The predicted octanol–water partition coefficient (Wildman–Crippen LogP) is 6.41. The molecule has 0 amide bonds. The van der Waals surface area contributed by atoms with Gasteiger partial charge in [0.2, 0.25) is 0 Å². The molecular formula is C16H7F6S. The zero-order valence-electron chi connectivity index (χ0n) is 11.2. The number of benzene rings is 2. The molecule has 1 radical (unpaired) electrons. The Labute approximate surface area is 131 Å². The molecule has 0 saturated carbocycles. The van der Waals surface area contributed by atoms with E-state index in [0.717, 1.165) is 33.6 Å². The standard InChI is InChI=1S/C16H7F6S/c17-15(18,19)11-5-10(6-12(8-11)16(20,21)22)14-7-9-3-1-2-4-13(9)23-14/h2-8H. The predicted molar refractivity (Wildman–Crippen MR) is 76.1 cm³/mol. The maximum Gasteiger partial charge on any atom is 0.416 e. The third-order valence-electron chi connectivity index (χ3n) is 3.23. The highest BCUT2D eigenvalue weighted by atomic mass is 32.1. The van der Waals surface area contributed by atoms with Crippen LogP contribution < -0.4 is 0 Å². The Morgan fingerprint density at radius 3 is 1.96 bits per heavy atom. The van der Waals surface area contributed by atoms with Gasteiger partial charge in [-0.05, 0) is 53.4 Å². The number of alkyl halides is 6. The number of rotatable bonds is 1. The van der Waals surface area contributed by atoms with Crippen molar-refractivity contribution in [3.63, 3.8) is 0 Å². The average molecular weight is 345 g/mol. The van der Waals surface area contributed by atoms with E-state index in [0.29, 0.717) is 4.88 Å². The van der Waals surface area contributed by atoms with Crippen molar-refractivity contribution < 1.29 is 26.3 Å². The molecule has 0 aliphatic rings. The van der Waals surface area contributed by atoms with Crippen molar-refractivity contribution in [3.8, 4) is 10.4 Å². The molecule has 0 spiro atoms. The first-order valence-corrected chi connectivity index (χ1v) is 7.16. The van der Waals surface area contributed by atoms with Crippen molar-refractivity contribution in [2.24, 2.45) is 0 Å². The number of hydrogen-bond acceptors (Lipinski definition) is 1. The molecule has 7 heteroatoms. The van der Waals surface area contributed by atoms with Crippen LogP contribution in [0.2, 0.25) is 0 Å². The summed E-state index contributed by atoms with van der Waals surface area (Å²) in [6.07, 6.45) is -9.69. The normalized spacial score (nSPS) is 12.8. The third kappa shape index (κ3) is 3.19. The molecule has 0 fully saturated rings. The van der Waals surface area contributed by atoms with Crippen LogP contribution in [0.3, 0.4) is 0 Å². The van der Waals surface area contributed by atoms with Crippen molar-refractivity contribution >= 4 is 21.4 Å². The van der Waals surface area contributed by atoms with Gasteiger partial charge in [-0.25, -0.2) is 0 Å². The van der Waals surface area contributed by atoms with Gasteiger partial charge in [0.25, 0.3) is 0 Å². The zero-order chi connectivity index (χ0) is 16.8. The summed E-state index contributed by atoms with van der Waals surface area (Å²) in [6.45, 7) is 0. The molecule has 0 atom stereocenters. The Morgan fingerprint density at radius 2 is 1.43 bits per heavy atom. The lowest BCUT2D eigenvalue weighted by atomic mass is 10.0. The van der Waals surface area contributed by atoms with Gasteiger partial charge >= 0.3 is 12.4 Å². The Balaban J connectivity index is 2.21. The van der Waals surface area contributed by atoms with Crippen LogP contribution in [-0.2, 0) is 12.4 Å². The van der Waals surface area contributed by atoms with E-state index in [1.165, 1.54) is 0 Å². The highest BCUT2D eigenvalue weighted by molar-refractivity contribution is 7.22. The Hall–Kier alpha value is -2.02. The van der Waals surface area contributed by atoms with Crippen LogP contribution in [0.4, 0.5) is 26.3 Å². The Morgan fingerprint density at radius 1 is 0.826 bits per heavy atom. The van der Waals surface area contributed by atoms with E-state index < -0.39 is 23.5 Å². The fourth-order valence-corrected chi connectivity index (χ4v) is 3.19. The molecule has 0 aliphatic heterocycles. The largest absolute Gasteiger partial charge is 0.416 e. The SMILES string of the molecule is FC(F)(F)c1cc(-c2cc3c[c]ccc3s2)cc(C(F)(F)F)c1. The van der Waals surface area contributed by atoms with Gasteiger partial charge in [-0.15, -0.1) is 11.3 Å². The summed E-state index contributed by atoms with van der Waals surface area (Å²) in [6, 6.07) is 11.0. The van der Waals surface area contributed by atoms with E-state index in [4.69, 9.17) is 0 Å². The minimum absolute atomic E-state index is 0.103. The van der Waals surface area contributed by atoms with Crippen LogP contribution >= 0.6 is 11.3 Å². The van der Waals surface area contributed by atoms with Gasteiger partial charge in [-0.1, -0.05) is 6.07 Å². The summed E-state index contributed by atoms with van der Waals surface area (Å²) in [5.41, 5.74) is -2.73. The van der Waals surface area contributed by atoms with Gasteiger partial charge in [0.1, 0.15) is 0 Å². The molecule has 2 aromatic carbocycles. The molecule has 1 heterocycles. The Kier molecular flexibility index (Phi) is 3.63. The van der Waals surface area contributed by atoms with Crippen LogP contribution in [0.25, 0.3) is 20.5 Å². The van der Waals surface area contributed by atoms with E-state index in [1.807, 2.05) is 0 Å². The van der Waals surface area contributed by atoms with Gasteiger partial charge in [0.05, 0.1) is 11.1 Å². The van der Waals surface area contributed by atoms with Crippen LogP contribution in [0, 0.1) is 6.07 Å². The lowest BCUT2D eigenvalue weighted by Crippen LogP contribution is -2.10. The fraction of sp³-hybridized carbons (Fsp3) is 0.125. The third-order valence-corrected chi connectivity index (χ3v) is 4.40. The molecule has 0 nitrogen and oxygen atoms in total. The second-order valence-corrected chi connectivity index (χ2v) is 5.95. The smallest absolute Gasteiger partial charge is 0.166 e. The lowest BCUT2D eigenvalue weighted by Gasteiger charge is -2.13. The summed E-state index contributed by atoms with van der Waals surface area (Å²) in [7, 11) is 0. The molecule has 23 heavy (non-hydrogen) atoms. The molecule has 119 valence electrons. The van der Waals surface area contributed by atoms with Gasteiger partial charge in [-0.2, -0.15) is 26.3 Å². The molecule has 0 unspecified atom stereocenters. The van der Waals surface area contributed by atoms with E-state index in [-0.39, 0.29) is 11.6 Å². The molecule has 3 aromatic rings. The first-order chi connectivity index (χ1) is 10.6. The maximum atomic E-state index is 12.9. The number of hydrogen-bond donors (Lipinski definition) is 0. The molecular weight excluding hydrogens is 338 g/mol. The second-order valence-electron chi connectivity index (χ2n) is 4.87. The molecule has 0 N–H and O–H groups in total. The number of thiophene rings is 1. The van der Waals surface area contributed by atoms with Crippen molar-refractivity contribution in [2.75, 3.05) is 0 Å². The van der Waals surface area contributed by atoms with Crippen molar-refractivity contribution in [1.82, 2.24) is 0 Å². The molecule has 3 rings (SSSR count). The second kappa shape index (κ2) is 5.26. The summed E-state index contributed by atoms with van der Waals surface area (Å²) >= 11 is 1.13. The van der Waals surface area contributed by atoms with E-state index in [2.05, 4.69) is 6.07 Å². The van der Waals surface area contributed by atoms with Gasteiger partial charge in [0.15, 0.2) is 0 Å². The van der Waals surface area contributed by atoms with Gasteiger partial charge in [0, 0.05) is 9.58 Å². The quantitative estimate of drug-likeness (QED) is 0.447. The summed E-state index contributed by atoms with van der Waals surface area (Å²) in [5.74, 6) is 0. The number of halogens is 6. The van der Waals surface area contributed by atoms with Gasteiger partial charge in [-0.3, -0.25) is 0 Å². The summed E-state index contributed by atoms with van der Waals surface area (Å²) in [5, 5.41) is 0.721. The van der Waals surface area contributed by atoms with Crippen LogP contribution in [0.15, 0.2) is 42.5 Å². The highest BCUT2D eigenvalue weighted by Gasteiger charge is 2.37. The number of fused-ring (bicyclic) bond motifs is 1. The fourth-order valence-electron chi connectivity index (χ4n) is 2.16. The van der Waals surface area contributed by atoms with E-state index in [9.17, 15) is 26.3 Å². The maximum absolute atomic E-state index is 12.9. The zero-order valence-corrected chi connectivity index (χ0v) is 12.0. The van der Waals surface area contributed by atoms with E-state index in [1.54, 1.807) is 24.3 Å². The van der Waals surface area contributed by atoms with Crippen LogP contribution in [0.1, 0.15) is 11.1 Å². The topological polar surface area (TPSA) is 0 Å².